The summed E-state index contributed by atoms with van der Waals surface area (Å²) in [6.45, 7) is 4.44. The summed E-state index contributed by atoms with van der Waals surface area (Å²) >= 11 is 0. The van der Waals surface area contributed by atoms with E-state index in [1.54, 1.807) is 20.0 Å². The maximum Gasteiger partial charge on any atom is 0.416 e. The first-order valence-corrected chi connectivity index (χ1v) is 13.2. The van der Waals surface area contributed by atoms with Crippen molar-refractivity contribution in [2.45, 2.75) is 61.3 Å². The van der Waals surface area contributed by atoms with Gasteiger partial charge in [-0.25, -0.2) is 13.4 Å². The fourth-order valence-corrected chi connectivity index (χ4v) is 6.95. The number of aliphatic hydroxyl groups excluding tert-OH is 1. The molecule has 1 atom stereocenters. The summed E-state index contributed by atoms with van der Waals surface area (Å²) in [5.41, 5.74) is 0.886. The molecule has 190 valence electrons. The lowest BCUT2D eigenvalue weighted by Crippen LogP contribution is -2.46. The second kappa shape index (κ2) is 9.54. The average Bonchev–Trinajstić information content (AvgIpc) is 2.83. The summed E-state index contributed by atoms with van der Waals surface area (Å²) in [4.78, 5) is 10.9. The van der Waals surface area contributed by atoms with Crippen molar-refractivity contribution in [1.29, 1.82) is 0 Å². The summed E-state index contributed by atoms with van der Waals surface area (Å²) < 4.78 is 65.2. The van der Waals surface area contributed by atoms with E-state index in [-0.39, 0.29) is 23.3 Å². The van der Waals surface area contributed by atoms with Crippen molar-refractivity contribution >= 4 is 27.6 Å². The summed E-state index contributed by atoms with van der Waals surface area (Å²) in [6.07, 6.45) is 1.51. The minimum atomic E-state index is -4.61. The van der Waals surface area contributed by atoms with E-state index in [9.17, 15) is 26.7 Å². The van der Waals surface area contributed by atoms with Gasteiger partial charge in [0.2, 0.25) is 0 Å². The smallest absolute Gasteiger partial charge is 0.396 e. The molecule has 1 aromatic heterocycles. The number of aliphatic imine (C=N–C) groups is 1. The Bertz CT molecular complexity index is 1200. The van der Waals surface area contributed by atoms with Crippen LogP contribution in [0.2, 0.25) is 0 Å². The van der Waals surface area contributed by atoms with Crippen molar-refractivity contribution in [3.63, 3.8) is 0 Å². The molecule has 2 aliphatic heterocycles. The van der Waals surface area contributed by atoms with Crippen LogP contribution in [0.4, 0.5) is 24.7 Å². The second-order valence-electron chi connectivity index (χ2n) is 9.72. The number of sulfone groups is 1. The zero-order valence-corrected chi connectivity index (χ0v) is 20.6. The Morgan fingerprint density at radius 1 is 1.14 bits per heavy atom. The molecular weight excluding hydrogens is 479 g/mol. The van der Waals surface area contributed by atoms with E-state index < -0.39 is 26.3 Å². The fourth-order valence-electron chi connectivity index (χ4n) is 5.13. The van der Waals surface area contributed by atoms with Gasteiger partial charge in [-0.2, -0.15) is 13.2 Å². The molecule has 0 saturated carbocycles. The maximum absolute atomic E-state index is 13.4. The van der Waals surface area contributed by atoms with E-state index in [0.717, 1.165) is 41.7 Å². The van der Waals surface area contributed by atoms with Crippen LogP contribution in [-0.4, -0.2) is 49.2 Å². The van der Waals surface area contributed by atoms with Crippen molar-refractivity contribution in [2.75, 3.05) is 24.6 Å². The number of nitrogens with zero attached hydrogens (tertiary/aromatic N) is 3. The van der Waals surface area contributed by atoms with E-state index in [4.69, 9.17) is 0 Å². The van der Waals surface area contributed by atoms with Crippen LogP contribution in [-0.2, 0) is 16.0 Å². The SMILES string of the molecule is CC(C)(C1CCN(c2nccc3c2N=CCC3CCO)CC1)S(=O)(=O)c1cccc(C(F)(F)F)c1. The average molecular weight is 510 g/mol. The molecule has 35 heavy (non-hydrogen) atoms. The maximum atomic E-state index is 13.4. The quantitative estimate of drug-likeness (QED) is 0.583. The number of aliphatic hydroxyl groups is 1. The van der Waals surface area contributed by atoms with Crippen LogP contribution in [0.25, 0.3) is 0 Å². The molecule has 1 aromatic carbocycles. The molecule has 1 saturated heterocycles. The lowest BCUT2D eigenvalue weighted by molar-refractivity contribution is -0.137. The Kier molecular flexibility index (Phi) is 6.98. The Balaban J connectivity index is 1.53. The van der Waals surface area contributed by atoms with Gasteiger partial charge >= 0.3 is 6.18 Å². The van der Waals surface area contributed by atoms with Crippen LogP contribution in [0.3, 0.4) is 0 Å². The van der Waals surface area contributed by atoms with Gasteiger partial charge in [-0.1, -0.05) is 6.07 Å². The summed E-state index contributed by atoms with van der Waals surface area (Å²) in [7, 11) is -4.01. The first-order chi connectivity index (χ1) is 16.5. The van der Waals surface area contributed by atoms with E-state index in [2.05, 4.69) is 14.9 Å². The predicted octanol–water partition coefficient (Wildman–Crippen LogP) is 5.14. The van der Waals surface area contributed by atoms with Gasteiger partial charge in [-0.3, -0.25) is 4.99 Å². The summed E-state index contributed by atoms with van der Waals surface area (Å²) in [5, 5.41) is 9.40. The van der Waals surface area contributed by atoms with Crippen molar-refractivity contribution in [3.05, 3.63) is 47.7 Å². The fraction of sp³-hybridized carbons (Fsp3) is 0.520. The molecule has 10 heteroatoms. The molecule has 2 aromatic rings. The molecule has 0 bridgehead atoms. The van der Waals surface area contributed by atoms with E-state index in [0.29, 0.717) is 32.4 Å². The Morgan fingerprint density at radius 3 is 2.51 bits per heavy atom. The largest absolute Gasteiger partial charge is 0.416 e. The molecule has 1 fully saturated rings. The highest BCUT2D eigenvalue weighted by Crippen LogP contribution is 2.43. The zero-order valence-electron chi connectivity index (χ0n) is 19.8. The molecule has 4 rings (SSSR count). The van der Waals surface area contributed by atoms with Crippen LogP contribution >= 0.6 is 0 Å². The molecule has 1 N–H and O–H groups in total. The topological polar surface area (TPSA) is 82.9 Å². The van der Waals surface area contributed by atoms with Crippen molar-refractivity contribution in [1.82, 2.24) is 4.98 Å². The number of hydrogen-bond donors (Lipinski definition) is 1. The number of rotatable bonds is 6. The number of aromatic nitrogens is 1. The molecule has 6 nitrogen and oxygen atoms in total. The highest BCUT2D eigenvalue weighted by molar-refractivity contribution is 7.92. The Labute approximate surface area is 203 Å². The number of halogens is 3. The minimum absolute atomic E-state index is 0.0937. The number of hydrogen-bond acceptors (Lipinski definition) is 6. The summed E-state index contributed by atoms with van der Waals surface area (Å²) in [6, 6.07) is 5.93. The molecule has 0 radical (unpaired) electrons. The van der Waals surface area contributed by atoms with Crippen LogP contribution in [0.5, 0.6) is 0 Å². The lowest BCUT2D eigenvalue weighted by atomic mass is 9.85. The molecule has 1 unspecified atom stereocenters. The number of anilines is 1. The van der Waals surface area contributed by atoms with E-state index in [1.165, 1.54) is 6.07 Å². The number of piperidine rings is 1. The predicted molar refractivity (Wildman–Crippen MR) is 129 cm³/mol. The van der Waals surface area contributed by atoms with Gasteiger partial charge < -0.3 is 10.0 Å². The molecule has 0 spiro atoms. The number of alkyl halides is 3. The molecular formula is C25H30F3N3O3S. The van der Waals surface area contributed by atoms with Gasteiger partial charge in [0.25, 0.3) is 0 Å². The third-order valence-corrected chi connectivity index (χ3v) is 10.00. The second-order valence-corrected chi connectivity index (χ2v) is 12.3. The summed E-state index contributed by atoms with van der Waals surface area (Å²) in [5.74, 6) is 0.699. The van der Waals surface area contributed by atoms with Gasteiger partial charge in [0.1, 0.15) is 5.69 Å². The van der Waals surface area contributed by atoms with Crippen LogP contribution in [0.15, 0.2) is 46.4 Å². The molecule has 3 heterocycles. The third kappa shape index (κ3) is 4.82. The minimum Gasteiger partial charge on any atom is -0.396 e. The molecule has 0 amide bonds. The van der Waals surface area contributed by atoms with E-state index in [1.807, 2.05) is 12.3 Å². The lowest BCUT2D eigenvalue weighted by Gasteiger charge is -2.41. The third-order valence-electron chi connectivity index (χ3n) is 7.41. The zero-order chi connectivity index (χ0) is 25.4. The van der Waals surface area contributed by atoms with Gasteiger partial charge in [0, 0.05) is 32.1 Å². The number of benzene rings is 1. The first kappa shape index (κ1) is 25.6. The standard InChI is InChI=1S/C25H30F3N3O3S/c1-24(2,35(33,34)20-5-3-4-19(16-20)25(26,27)28)18-8-13-31(14-9-18)23-22-21(7-12-30-23)17(10-15-32)6-11-29-22/h3-5,7,11-12,16-18,32H,6,8-10,13-15H2,1-2H3. The normalized spacial score (nSPS) is 19.6. The van der Waals surface area contributed by atoms with Gasteiger partial charge in [-0.15, -0.1) is 0 Å². The monoisotopic (exact) mass is 509 g/mol. The van der Waals surface area contributed by atoms with E-state index >= 15 is 0 Å². The van der Waals surface area contributed by atoms with Crippen LogP contribution < -0.4 is 4.90 Å². The van der Waals surface area contributed by atoms with Crippen molar-refractivity contribution in [2.24, 2.45) is 10.9 Å². The highest BCUT2D eigenvalue weighted by Gasteiger charge is 2.45. The van der Waals surface area contributed by atoms with Crippen molar-refractivity contribution in [3.8, 4) is 0 Å². The number of fused-ring (bicyclic) bond motifs is 1. The van der Waals surface area contributed by atoms with Gasteiger partial charge in [-0.05, 0) is 81.2 Å². The van der Waals surface area contributed by atoms with Gasteiger partial charge in [0.05, 0.1) is 15.2 Å². The number of pyridine rings is 1. The Hall–Kier alpha value is -2.46. The van der Waals surface area contributed by atoms with Crippen molar-refractivity contribution < 1.29 is 26.7 Å². The Morgan fingerprint density at radius 2 is 1.86 bits per heavy atom. The molecule has 0 aliphatic carbocycles. The van der Waals surface area contributed by atoms with Gasteiger partial charge in [0.15, 0.2) is 15.7 Å². The molecule has 2 aliphatic rings. The van der Waals surface area contributed by atoms with Crippen LogP contribution in [0.1, 0.15) is 56.6 Å². The first-order valence-electron chi connectivity index (χ1n) is 11.8. The van der Waals surface area contributed by atoms with Crippen LogP contribution in [0, 0.1) is 5.92 Å². The highest BCUT2D eigenvalue weighted by atomic mass is 32.2.